The van der Waals surface area contributed by atoms with Crippen LogP contribution in [-0.2, 0) is 14.4 Å². The molecule has 1 aliphatic heterocycles. The van der Waals surface area contributed by atoms with Crippen molar-refractivity contribution >= 4 is 34.7 Å². The third-order valence-electron chi connectivity index (χ3n) is 4.23. The molecule has 1 aliphatic rings. The molecule has 1 aromatic carbocycles. The van der Waals surface area contributed by atoms with Crippen LogP contribution < -0.4 is 5.32 Å². The molecule has 2 heterocycles. The highest BCUT2D eigenvalue weighted by Gasteiger charge is 2.45. The van der Waals surface area contributed by atoms with Gasteiger partial charge < -0.3 is 9.73 Å². The van der Waals surface area contributed by atoms with E-state index in [1.165, 1.54) is 0 Å². The summed E-state index contributed by atoms with van der Waals surface area (Å²) in [6, 6.07) is 8.06. The zero-order valence-corrected chi connectivity index (χ0v) is 15.4. The minimum absolute atomic E-state index is 0.0209. The van der Waals surface area contributed by atoms with Crippen LogP contribution in [0.2, 0.25) is 0 Å². The van der Waals surface area contributed by atoms with Crippen LogP contribution in [0.4, 0.5) is 4.79 Å². The standard InChI is InChI=1S/C19H21N3O5/c1-11(2)9-21-17(24)18(25)22(19(21)26)10-16(23)20-12(3)15-8-13-6-4-5-7-14(13)27-15/h4-8,11-12H,9-10H2,1-3H3,(H,20,23)/t12-/m1/s1. The van der Waals surface area contributed by atoms with E-state index in [2.05, 4.69) is 5.32 Å². The molecule has 27 heavy (non-hydrogen) atoms. The number of imide groups is 2. The fraction of sp³-hybridized carbons (Fsp3) is 0.368. The number of nitrogens with zero attached hydrogens (tertiary/aromatic N) is 2. The number of hydrogen-bond acceptors (Lipinski definition) is 5. The molecule has 0 radical (unpaired) electrons. The molecule has 8 nitrogen and oxygen atoms in total. The molecule has 5 amide bonds. The molecule has 0 aliphatic carbocycles. The summed E-state index contributed by atoms with van der Waals surface area (Å²) in [4.78, 5) is 50.1. The number of amides is 5. The number of benzene rings is 1. The smallest absolute Gasteiger partial charge is 0.334 e. The lowest BCUT2D eigenvalue weighted by Crippen LogP contribution is -2.42. The molecule has 3 rings (SSSR count). The van der Waals surface area contributed by atoms with Gasteiger partial charge in [-0.05, 0) is 25.0 Å². The van der Waals surface area contributed by atoms with Gasteiger partial charge in [-0.2, -0.15) is 0 Å². The van der Waals surface area contributed by atoms with E-state index in [4.69, 9.17) is 4.42 Å². The van der Waals surface area contributed by atoms with E-state index >= 15 is 0 Å². The van der Waals surface area contributed by atoms with Gasteiger partial charge in [-0.1, -0.05) is 32.0 Å². The fourth-order valence-corrected chi connectivity index (χ4v) is 2.93. The summed E-state index contributed by atoms with van der Waals surface area (Å²) in [6.07, 6.45) is 0. The lowest BCUT2D eigenvalue weighted by atomic mass is 10.2. The summed E-state index contributed by atoms with van der Waals surface area (Å²) in [5.41, 5.74) is 0.702. The highest BCUT2D eigenvalue weighted by atomic mass is 16.3. The first-order valence-corrected chi connectivity index (χ1v) is 8.73. The first-order valence-electron chi connectivity index (χ1n) is 8.73. The van der Waals surface area contributed by atoms with Crippen molar-refractivity contribution in [2.45, 2.75) is 26.8 Å². The van der Waals surface area contributed by atoms with Crippen molar-refractivity contribution in [2.75, 3.05) is 13.1 Å². The molecule has 1 N–H and O–H groups in total. The average Bonchev–Trinajstić information content (AvgIpc) is 3.13. The molecule has 0 saturated carbocycles. The highest BCUT2D eigenvalue weighted by Crippen LogP contribution is 2.23. The lowest BCUT2D eigenvalue weighted by Gasteiger charge is -2.17. The highest BCUT2D eigenvalue weighted by molar-refractivity contribution is 6.45. The van der Waals surface area contributed by atoms with Crippen LogP contribution in [-0.4, -0.2) is 46.6 Å². The molecule has 1 aromatic heterocycles. The van der Waals surface area contributed by atoms with Crippen molar-refractivity contribution < 1.29 is 23.6 Å². The molecular formula is C19H21N3O5. The Balaban J connectivity index is 1.65. The Hall–Kier alpha value is -3.16. The second-order valence-corrected chi connectivity index (χ2v) is 6.96. The number of nitrogens with one attached hydrogen (secondary N) is 1. The van der Waals surface area contributed by atoms with Crippen LogP contribution in [0.3, 0.4) is 0 Å². The summed E-state index contributed by atoms with van der Waals surface area (Å²) in [7, 11) is 0. The minimum atomic E-state index is -0.979. The Kier molecular flexibility index (Phi) is 4.98. The van der Waals surface area contributed by atoms with E-state index in [1.54, 1.807) is 6.92 Å². The van der Waals surface area contributed by atoms with Crippen LogP contribution in [0.25, 0.3) is 11.0 Å². The molecule has 1 fully saturated rings. The average molecular weight is 371 g/mol. The summed E-state index contributed by atoms with van der Waals surface area (Å²) in [5, 5.41) is 3.60. The van der Waals surface area contributed by atoms with Gasteiger partial charge in [0.05, 0.1) is 6.04 Å². The van der Waals surface area contributed by atoms with E-state index in [0.717, 1.165) is 10.3 Å². The number of furan rings is 1. The van der Waals surface area contributed by atoms with Crippen molar-refractivity contribution in [3.63, 3.8) is 0 Å². The van der Waals surface area contributed by atoms with Crippen molar-refractivity contribution in [2.24, 2.45) is 5.92 Å². The van der Waals surface area contributed by atoms with Gasteiger partial charge in [0.25, 0.3) is 0 Å². The predicted molar refractivity (Wildman–Crippen MR) is 96.4 cm³/mol. The van der Waals surface area contributed by atoms with Gasteiger partial charge in [-0.15, -0.1) is 0 Å². The number of hydrogen-bond donors (Lipinski definition) is 1. The Morgan fingerprint density at radius 3 is 2.41 bits per heavy atom. The summed E-state index contributed by atoms with van der Waals surface area (Å²) >= 11 is 0. The lowest BCUT2D eigenvalue weighted by molar-refractivity contribution is -0.144. The van der Waals surface area contributed by atoms with Crippen LogP contribution in [0.1, 0.15) is 32.6 Å². The Morgan fingerprint density at radius 2 is 1.74 bits per heavy atom. The summed E-state index contributed by atoms with van der Waals surface area (Å²) in [6.45, 7) is 5.02. The molecule has 0 unspecified atom stereocenters. The van der Waals surface area contributed by atoms with E-state index in [1.807, 2.05) is 44.2 Å². The van der Waals surface area contributed by atoms with E-state index in [0.29, 0.717) is 16.2 Å². The second-order valence-electron chi connectivity index (χ2n) is 6.96. The second kappa shape index (κ2) is 7.22. The molecule has 0 bridgehead atoms. The molecule has 142 valence electrons. The van der Waals surface area contributed by atoms with Crippen molar-refractivity contribution in [3.05, 3.63) is 36.1 Å². The number of fused-ring (bicyclic) bond motifs is 1. The van der Waals surface area contributed by atoms with Gasteiger partial charge in [0.1, 0.15) is 17.9 Å². The van der Waals surface area contributed by atoms with Gasteiger partial charge in [0.2, 0.25) is 5.91 Å². The van der Waals surface area contributed by atoms with Crippen molar-refractivity contribution in [3.8, 4) is 0 Å². The number of para-hydroxylation sites is 1. The summed E-state index contributed by atoms with van der Waals surface area (Å²) in [5.74, 6) is -1.85. The van der Waals surface area contributed by atoms with Crippen LogP contribution >= 0.6 is 0 Å². The largest absolute Gasteiger partial charge is 0.459 e. The molecule has 8 heteroatoms. The van der Waals surface area contributed by atoms with E-state index < -0.39 is 36.3 Å². The minimum Gasteiger partial charge on any atom is -0.459 e. The Morgan fingerprint density at radius 1 is 1.07 bits per heavy atom. The predicted octanol–water partition coefficient (Wildman–Crippen LogP) is 2.06. The molecule has 2 aromatic rings. The SMILES string of the molecule is CC(C)CN1C(=O)C(=O)N(CC(=O)N[C@H](C)c2cc3ccccc3o2)C1=O. The van der Waals surface area contributed by atoms with Gasteiger partial charge in [-0.3, -0.25) is 19.3 Å². The molecule has 1 atom stereocenters. The zero-order chi connectivity index (χ0) is 19.7. The van der Waals surface area contributed by atoms with E-state index in [9.17, 15) is 19.2 Å². The van der Waals surface area contributed by atoms with Gasteiger partial charge in [0, 0.05) is 11.9 Å². The van der Waals surface area contributed by atoms with Crippen molar-refractivity contribution in [1.29, 1.82) is 0 Å². The van der Waals surface area contributed by atoms with E-state index in [-0.39, 0.29) is 12.5 Å². The van der Waals surface area contributed by atoms with Crippen LogP contribution in [0, 0.1) is 5.92 Å². The van der Waals surface area contributed by atoms with Crippen molar-refractivity contribution in [1.82, 2.24) is 15.1 Å². The number of urea groups is 1. The number of carbonyl (C=O) groups is 4. The third kappa shape index (κ3) is 3.69. The zero-order valence-electron chi connectivity index (χ0n) is 15.4. The fourth-order valence-electron chi connectivity index (χ4n) is 2.93. The first-order chi connectivity index (χ1) is 12.8. The quantitative estimate of drug-likeness (QED) is 0.619. The molecular weight excluding hydrogens is 350 g/mol. The Labute approximate surface area is 156 Å². The molecule has 0 spiro atoms. The number of rotatable bonds is 6. The Bertz CT molecular complexity index is 884. The van der Waals surface area contributed by atoms with Crippen LogP contribution in [0.15, 0.2) is 34.7 Å². The topological polar surface area (TPSA) is 99.9 Å². The third-order valence-corrected chi connectivity index (χ3v) is 4.23. The summed E-state index contributed by atoms with van der Waals surface area (Å²) < 4.78 is 5.70. The maximum atomic E-state index is 12.3. The van der Waals surface area contributed by atoms with Gasteiger partial charge in [-0.25, -0.2) is 9.69 Å². The first kappa shape index (κ1) is 18.6. The maximum Gasteiger partial charge on any atom is 0.334 e. The van der Waals surface area contributed by atoms with Crippen LogP contribution in [0.5, 0.6) is 0 Å². The maximum absolute atomic E-state index is 12.3. The monoisotopic (exact) mass is 371 g/mol. The molecule has 1 saturated heterocycles. The number of carbonyl (C=O) groups excluding carboxylic acids is 4. The van der Waals surface area contributed by atoms with Gasteiger partial charge >= 0.3 is 17.8 Å². The van der Waals surface area contributed by atoms with Gasteiger partial charge in [0.15, 0.2) is 0 Å². The normalized spacial score (nSPS) is 15.9.